The van der Waals surface area contributed by atoms with Crippen LogP contribution in [0.3, 0.4) is 0 Å². The summed E-state index contributed by atoms with van der Waals surface area (Å²) in [4.78, 5) is 40.7. The summed E-state index contributed by atoms with van der Waals surface area (Å²) >= 11 is 0. The van der Waals surface area contributed by atoms with E-state index in [0.29, 0.717) is 11.4 Å². The molecule has 1 fully saturated rings. The van der Waals surface area contributed by atoms with E-state index in [0.717, 1.165) is 0 Å². The first-order valence-corrected chi connectivity index (χ1v) is 10.9. The number of hydrogen-bond donors (Lipinski definition) is 1. The third-order valence-corrected chi connectivity index (χ3v) is 5.29. The SMILES string of the molecule is CCOC(=O)C1=C(C)NC(C)=C(C(=O)OCC)C1C1COC(C)(C)N1C(=O)OC(C)(C)C. The van der Waals surface area contributed by atoms with Crippen LogP contribution in [0.25, 0.3) is 0 Å². The largest absolute Gasteiger partial charge is 0.463 e. The zero-order valence-electron chi connectivity index (χ0n) is 20.6. The van der Waals surface area contributed by atoms with E-state index >= 15 is 0 Å². The van der Waals surface area contributed by atoms with E-state index in [1.165, 1.54) is 4.90 Å². The molecule has 0 spiro atoms. The van der Waals surface area contributed by atoms with Crippen molar-refractivity contribution >= 4 is 18.0 Å². The first kappa shape index (κ1) is 25.7. The number of dihydropyridines is 1. The Labute approximate surface area is 190 Å². The van der Waals surface area contributed by atoms with Gasteiger partial charge < -0.3 is 24.3 Å². The topological polar surface area (TPSA) is 103 Å². The van der Waals surface area contributed by atoms with Crippen LogP contribution in [0.5, 0.6) is 0 Å². The number of allylic oxidation sites excluding steroid dienone is 2. The predicted octanol–water partition coefficient (Wildman–Crippen LogP) is 3.25. The van der Waals surface area contributed by atoms with Gasteiger partial charge in [0.1, 0.15) is 11.3 Å². The van der Waals surface area contributed by atoms with E-state index in [-0.39, 0.29) is 31.0 Å². The van der Waals surface area contributed by atoms with Crippen LogP contribution in [-0.2, 0) is 28.5 Å². The maximum atomic E-state index is 13.2. The molecule has 180 valence electrons. The first-order valence-electron chi connectivity index (χ1n) is 10.9. The molecule has 0 saturated carbocycles. The highest BCUT2D eigenvalue weighted by molar-refractivity contribution is 5.98. The molecule has 0 bridgehead atoms. The maximum absolute atomic E-state index is 13.2. The van der Waals surface area contributed by atoms with Gasteiger partial charge in [0.2, 0.25) is 0 Å². The number of amides is 1. The molecule has 0 aliphatic carbocycles. The van der Waals surface area contributed by atoms with Gasteiger partial charge >= 0.3 is 18.0 Å². The van der Waals surface area contributed by atoms with Gasteiger partial charge in [-0.05, 0) is 62.3 Å². The summed E-state index contributed by atoms with van der Waals surface area (Å²) in [6.45, 7) is 16.2. The second kappa shape index (κ2) is 9.52. The second-order valence-electron chi connectivity index (χ2n) is 9.30. The fourth-order valence-electron chi connectivity index (χ4n) is 4.13. The number of hydrogen-bond acceptors (Lipinski definition) is 8. The van der Waals surface area contributed by atoms with Crippen LogP contribution in [-0.4, -0.2) is 60.1 Å². The molecule has 1 saturated heterocycles. The normalized spacial score (nSPS) is 21.4. The Kier molecular flexibility index (Phi) is 7.65. The van der Waals surface area contributed by atoms with Crippen molar-refractivity contribution in [1.29, 1.82) is 0 Å². The molecule has 2 aliphatic heterocycles. The fourth-order valence-corrected chi connectivity index (χ4v) is 4.13. The summed E-state index contributed by atoms with van der Waals surface area (Å²) < 4.78 is 22.2. The molecular weight excluding hydrogens is 416 g/mol. The van der Waals surface area contributed by atoms with Crippen molar-refractivity contribution in [3.8, 4) is 0 Å². The Hall–Kier alpha value is -2.55. The Morgan fingerprint density at radius 3 is 1.91 bits per heavy atom. The number of rotatable bonds is 5. The molecule has 2 heterocycles. The third kappa shape index (κ3) is 5.26. The molecule has 0 aromatic carbocycles. The van der Waals surface area contributed by atoms with Gasteiger partial charge in [-0.2, -0.15) is 0 Å². The van der Waals surface area contributed by atoms with Crippen molar-refractivity contribution in [3.05, 3.63) is 22.5 Å². The predicted molar refractivity (Wildman–Crippen MR) is 117 cm³/mol. The van der Waals surface area contributed by atoms with Gasteiger partial charge in [-0.3, -0.25) is 4.90 Å². The highest BCUT2D eigenvalue weighted by atomic mass is 16.6. The lowest BCUT2D eigenvalue weighted by Gasteiger charge is -2.40. The lowest BCUT2D eigenvalue weighted by molar-refractivity contribution is -0.140. The average molecular weight is 453 g/mol. The molecule has 1 amide bonds. The maximum Gasteiger partial charge on any atom is 0.412 e. The van der Waals surface area contributed by atoms with Crippen LogP contribution in [0.4, 0.5) is 4.79 Å². The molecule has 0 aromatic rings. The number of carbonyl (C=O) groups excluding carboxylic acids is 3. The van der Waals surface area contributed by atoms with Crippen molar-refractivity contribution in [2.75, 3.05) is 19.8 Å². The highest BCUT2D eigenvalue weighted by Crippen LogP contribution is 2.42. The first-order chi connectivity index (χ1) is 14.7. The molecule has 0 radical (unpaired) electrons. The number of nitrogens with one attached hydrogen (secondary N) is 1. The molecular formula is C23H36N2O7. The number of carbonyl (C=O) groups is 3. The lowest BCUT2D eigenvalue weighted by Crippen LogP contribution is -2.54. The Bertz CT molecular complexity index is 796. The number of esters is 2. The van der Waals surface area contributed by atoms with Crippen molar-refractivity contribution in [2.24, 2.45) is 5.92 Å². The average Bonchev–Trinajstić information content (AvgIpc) is 2.94. The van der Waals surface area contributed by atoms with E-state index in [2.05, 4.69) is 5.32 Å². The van der Waals surface area contributed by atoms with Gasteiger partial charge in [-0.25, -0.2) is 14.4 Å². The Balaban J connectivity index is 2.65. The fraction of sp³-hybridized carbons (Fsp3) is 0.696. The van der Waals surface area contributed by atoms with Gasteiger partial charge in [-0.1, -0.05) is 0 Å². The van der Waals surface area contributed by atoms with E-state index in [9.17, 15) is 14.4 Å². The smallest absolute Gasteiger partial charge is 0.412 e. The number of ether oxygens (including phenoxy) is 4. The van der Waals surface area contributed by atoms with E-state index < -0.39 is 41.3 Å². The molecule has 2 rings (SSSR count). The van der Waals surface area contributed by atoms with Crippen LogP contribution in [0.2, 0.25) is 0 Å². The monoisotopic (exact) mass is 452 g/mol. The molecule has 32 heavy (non-hydrogen) atoms. The summed E-state index contributed by atoms with van der Waals surface area (Å²) in [5.74, 6) is -1.94. The van der Waals surface area contributed by atoms with Gasteiger partial charge in [0.15, 0.2) is 0 Å². The molecule has 9 nitrogen and oxygen atoms in total. The summed E-state index contributed by atoms with van der Waals surface area (Å²) in [7, 11) is 0. The Morgan fingerprint density at radius 1 is 1.03 bits per heavy atom. The standard InChI is InChI=1S/C23H36N2O7/c1-10-29-19(26)16-13(3)24-14(4)17(20(27)30-11-2)18(16)15-12-31-23(8,9)25(15)21(28)32-22(5,6)7/h15,18,24H,10-12H2,1-9H3. The minimum Gasteiger partial charge on any atom is -0.463 e. The van der Waals surface area contributed by atoms with Crippen molar-refractivity contribution in [1.82, 2.24) is 10.2 Å². The zero-order chi connectivity index (χ0) is 24.4. The van der Waals surface area contributed by atoms with Crippen molar-refractivity contribution in [2.45, 2.75) is 79.7 Å². The van der Waals surface area contributed by atoms with Crippen LogP contribution in [0.15, 0.2) is 22.5 Å². The van der Waals surface area contributed by atoms with Gasteiger partial charge in [0, 0.05) is 17.3 Å². The molecule has 0 aromatic heterocycles. The van der Waals surface area contributed by atoms with E-state index in [1.807, 2.05) is 0 Å². The van der Waals surface area contributed by atoms with Crippen LogP contribution >= 0.6 is 0 Å². The summed E-state index contributed by atoms with van der Waals surface area (Å²) in [5.41, 5.74) is -0.125. The molecule has 2 aliphatic rings. The van der Waals surface area contributed by atoms with Crippen molar-refractivity contribution < 1.29 is 33.3 Å². The van der Waals surface area contributed by atoms with Crippen molar-refractivity contribution in [3.63, 3.8) is 0 Å². The Morgan fingerprint density at radius 2 is 1.50 bits per heavy atom. The molecule has 1 unspecified atom stereocenters. The lowest BCUT2D eigenvalue weighted by atomic mass is 9.79. The number of nitrogens with zero attached hydrogens (tertiary/aromatic N) is 1. The van der Waals surface area contributed by atoms with Crippen LogP contribution in [0.1, 0.15) is 62.3 Å². The quantitative estimate of drug-likeness (QED) is 0.501. The zero-order valence-corrected chi connectivity index (χ0v) is 20.6. The highest BCUT2D eigenvalue weighted by Gasteiger charge is 2.53. The minimum absolute atomic E-state index is 0.100. The van der Waals surface area contributed by atoms with E-state index in [1.54, 1.807) is 62.3 Å². The van der Waals surface area contributed by atoms with Gasteiger partial charge in [0.05, 0.1) is 37.0 Å². The molecule has 9 heteroatoms. The van der Waals surface area contributed by atoms with Crippen LogP contribution < -0.4 is 5.32 Å². The van der Waals surface area contributed by atoms with Gasteiger partial charge in [0.25, 0.3) is 0 Å². The summed E-state index contributed by atoms with van der Waals surface area (Å²) in [6, 6.07) is -0.689. The summed E-state index contributed by atoms with van der Waals surface area (Å²) in [6.07, 6.45) is -0.592. The van der Waals surface area contributed by atoms with Gasteiger partial charge in [-0.15, -0.1) is 0 Å². The van der Waals surface area contributed by atoms with E-state index in [4.69, 9.17) is 18.9 Å². The third-order valence-electron chi connectivity index (χ3n) is 5.29. The van der Waals surface area contributed by atoms with Crippen LogP contribution in [0, 0.1) is 5.92 Å². The molecule has 1 atom stereocenters. The summed E-state index contributed by atoms with van der Waals surface area (Å²) in [5, 5.41) is 3.10. The second-order valence-corrected chi connectivity index (χ2v) is 9.30. The molecule has 1 N–H and O–H groups in total. The minimum atomic E-state index is -1.01.